The fourth-order valence-electron chi connectivity index (χ4n) is 3.01. The summed E-state index contributed by atoms with van der Waals surface area (Å²) in [7, 11) is 0. The fourth-order valence-corrected chi connectivity index (χ4v) is 3.94. The van der Waals surface area contributed by atoms with E-state index in [0.29, 0.717) is 11.8 Å². The molecule has 0 bridgehead atoms. The van der Waals surface area contributed by atoms with E-state index in [0.717, 1.165) is 30.2 Å². The van der Waals surface area contributed by atoms with Crippen LogP contribution in [0.1, 0.15) is 74.5 Å². The highest BCUT2D eigenvalue weighted by Crippen LogP contribution is 2.33. The first-order valence-electron chi connectivity index (χ1n) is 7.71. The number of fused-ring (bicyclic) bond motifs is 1. The molecule has 0 radical (unpaired) electrons. The molecule has 1 atom stereocenters. The van der Waals surface area contributed by atoms with Crippen molar-refractivity contribution in [3.8, 4) is 0 Å². The van der Waals surface area contributed by atoms with Gasteiger partial charge in [-0.2, -0.15) is 9.61 Å². The van der Waals surface area contributed by atoms with E-state index in [4.69, 9.17) is 10.8 Å². The largest absolute Gasteiger partial charge is 0.330 e. The Morgan fingerprint density at radius 1 is 1.30 bits per heavy atom. The summed E-state index contributed by atoms with van der Waals surface area (Å²) >= 11 is 1.68. The van der Waals surface area contributed by atoms with Gasteiger partial charge in [-0.1, -0.05) is 37.5 Å². The lowest BCUT2D eigenvalue weighted by Crippen LogP contribution is -2.09. The highest BCUT2D eigenvalue weighted by molar-refractivity contribution is 7.16. The molecule has 110 valence electrons. The van der Waals surface area contributed by atoms with E-state index in [1.165, 1.54) is 37.1 Å². The minimum atomic E-state index is 0.462. The molecule has 1 saturated carbocycles. The Bertz CT molecular complexity index is 555. The van der Waals surface area contributed by atoms with E-state index in [9.17, 15) is 0 Å². The monoisotopic (exact) mass is 293 g/mol. The molecule has 1 aliphatic rings. The van der Waals surface area contributed by atoms with Crippen LogP contribution >= 0.6 is 11.3 Å². The Labute approximate surface area is 123 Å². The van der Waals surface area contributed by atoms with Gasteiger partial charge in [-0.05, 0) is 32.2 Å². The predicted molar refractivity (Wildman–Crippen MR) is 81.2 cm³/mol. The summed E-state index contributed by atoms with van der Waals surface area (Å²) in [6.45, 7) is 2.98. The van der Waals surface area contributed by atoms with Crippen LogP contribution in [0.5, 0.6) is 0 Å². The predicted octanol–water partition coefficient (Wildman–Crippen LogP) is 3.08. The molecule has 5 nitrogen and oxygen atoms in total. The van der Waals surface area contributed by atoms with E-state index in [2.05, 4.69) is 17.1 Å². The Balaban J connectivity index is 1.82. The van der Waals surface area contributed by atoms with Gasteiger partial charge in [-0.25, -0.2) is 0 Å². The van der Waals surface area contributed by atoms with Crippen molar-refractivity contribution in [3.05, 3.63) is 10.8 Å². The summed E-state index contributed by atoms with van der Waals surface area (Å²) in [5.41, 5.74) is 5.59. The molecular formula is C14H23N5S. The molecule has 20 heavy (non-hydrogen) atoms. The van der Waals surface area contributed by atoms with Crippen molar-refractivity contribution >= 4 is 16.3 Å². The number of hydrogen-bond donors (Lipinski definition) is 1. The molecule has 2 heterocycles. The maximum Gasteiger partial charge on any atom is 0.234 e. The number of aromatic nitrogens is 4. The van der Waals surface area contributed by atoms with E-state index in [1.54, 1.807) is 11.3 Å². The summed E-state index contributed by atoms with van der Waals surface area (Å²) < 4.78 is 1.99. The average molecular weight is 293 g/mol. The van der Waals surface area contributed by atoms with Gasteiger partial charge in [0.2, 0.25) is 4.96 Å². The van der Waals surface area contributed by atoms with Crippen LogP contribution in [0, 0.1) is 0 Å². The normalized spacial score (nSPS) is 18.7. The molecule has 3 rings (SSSR count). The van der Waals surface area contributed by atoms with Crippen molar-refractivity contribution in [3.63, 3.8) is 0 Å². The van der Waals surface area contributed by atoms with Crippen molar-refractivity contribution < 1.29 is 0 Å². The first kappa shape index (κ1) is 13.9. The standard InChI is InChI=1S/C14H23N5S/c1-10(6-5-9-15)13-18-19-12(16-17-14(19)20-13)11-7-3-2-4-8-11/h10-11H,2-9,15H2,1H3. The van der Waals surface area contributed by atoms with Gasteiger partial charge in [0.25, 0.3) is 0 Å². The van der Waals surface area contributed by atoms with Crippen LogP contribution < -0.4 is 5.73 Å². The van der Waals surface area contributed by atoms with Crippen molar-refractivity contribution in [2.75, 3.05) is 6.54 Å². The van der Waals surface area contributed by atoms with Gasteiger partial charge in [0.15, 0.2) is 5.82 Å². The van der Waals surface area contributed by atoms with Gasteiger partial charge >= 0.3 is 0 Å². The SMILES string of the molecule is CC(CCCN)c1nn2c(C3CCCCC3)nnc2s1. The van der Waals surface area contributed by atoms with Crippen LogP contribution in [0.4, 0.5) is 0 Å². The Hall–Kier alpha value is -1.01. The summed E-state index contributed by atoms with van der Waals surface area (Å²) in [5, 5.41) is 14.6. The second kappa shape index (κ2) is 6.18. The topological polar surface area (TPSA) is 69.1 Å². The van der Waals surface area contributed by atoms with Gasteiger partial charge in [0, 0.05) is 11.8 Å². The lowest BCUT2D eigenvalue weighted by atomic mass is 9.89. The third kappa shape index (κ3) is 2.72. The van der Waals surface area contributed by atoms with E-state index < -0.39 is 0 Å². The molecule has 1 aliphatic carbocycles. The first-order valence-corrected chi connectivity index (χ1v) is 8.53. The Kier molecular flexibility index (Phi) is 4.31. The molecule has 0 aromatic carbocycles. The quantitative estimate of drug-likeness (QED) is 0.919. The summed E-state index contributed by atoms with van der Waals surface area (Å²) in [6.07, 6.45) is 8.59. The highest BCUT2D eigenvalue weighted by atomic mass is 32.1. The van der Waals surface area contributed by atoms with Gasteiger partial charge in [-0.15, -0.1) is 10.2 Å². The van der Waals surface area contributed by atoms with Gasteiger partial charge < -0.3 is 5.73 Å². The lowest BCUT2D eigenvalue weighted by molar-refractivity contribution is 0.422. The highest BCUT2D eigenvalue weighted by Gasteiger charge is 2.23. The van der Waals surface area contributed by atoms with Gasteiger partial charge in [-0.3, -0.25) is 0 Å². The maximum absolute atomic E-state index is 5.59. The molecular weight excluding hydrogens is 270 g/mol. The molecule has 6 heteroatoms. The van der Waals surface area contributed by atoms with Crippen molar-refractivity contribution in [1.82, 2.24) is 19.8 Å². The second-order valence-corrected chi connectivity index (χ2v) is 6.85. The summed E-state index contributed by atoms with van der Waals surface area (Å²) in [5.74, 6) is 2.09. The molecule has 2 N–H and O–H groups in total. The van der Waals surface area contributed by atoms with Crippen LogP contribution in [-0.2, 0) is 0 Å². The van der Waals surface area contributed by atoms with E-state index in [-0.39, 0.29) is 0 Å². The summed E-state index contributed by atoms with van der Waals surface area (Å²) in [4.78, 5) is 0.945. The van der Waals surface area contributed by atoms with Crippen LogP contribution in [0.3, 0.4) is 0 Å². The molecule has 1 unspecified atom stereocenters. The zero-order valence-corrected chi connectivity index (χ0v) is 12.9. The van der Waals surface area contributed by atoms with Crippen LogP contribution in [0.25, 0.3) is 4.96 Å². The van der Waals surface area contributed by atoms with Crippen LogP contribution in [0.2, 0.25) is 0 Å². The molecule has 0 spiro atoms. The van der Waals surface area contributed by atoms with Crippen molar-refractivity contribution in [2.24, 2.45) is 5.73 Å². The fraction of sp³-hybridized carbons (Fsp3) is 0.786. The third-order valence-corrected chi connectivity index (χ3v) is 5.39. The Morgan fingerprint density at radius 2 is 2.10 bits per heavy atom. The molecule has 2 aromatic rings. The zero-order chi connectivity index (χ0) is 13.9. The summed E-state index contributed by atoms with van der Waals surface area (Å²) in [6, 6.07) is 0. The third-order valence-electron chi connectivity index (χ3n) is 4.26. The smallest absolute Gasteiger partial charge is 0.234 e. The van der Waals surface area contributed by atoms with Gasteiger partial charge in [0.05, 0.1) is 0 Å². The molecule has 0 aliphatic heterocycles. The molecule has 0 saturated heterocycles. The second-order valence-electron chi connectivity index (χ2n) is 5.86. The van der Waals surface area contributed by atoms with Crippen molar-refractivity contribution in [1.29, 1.82) is 0 Å². The number of rotatable bonds is 5. The molecule has 0 amide bonds. The number of nitrogens with two attached hydrogens (primary N) is 1. The van der Waals surface area contributed by atoms with Crippen molar-refractivity contribution in [2.45, 2.75) is 63.7 Å². The van der Waals surface area contributed by atoms with Crippen LogP contribution in [-0.4, -0.2) is 26.4 Å². The minimum Gasteiger partial charge on any atom is -0.330 e. The molecule has 2 aromatic heterocycles. The van der Waals surface area contributed by atoms with E-state index in [1.807, 2.05) is 4.52 Å². The molecule has 1 fully saturated rings. The first-order chi connectivity index (χ1) is 9.79. The van der Waals surface area contributed by atoms with E-state index >= 15 is 0 Å². The Morgan fingerprint density at radius 3 is 2.85 bits per heavy atom. The average Bonchev–Trinajstić information content (AvgIpc) is 3.05. The maximum atomic E-state index is 5.59. The van der Waals surface area contributed by atoms with Gasteiger partial charge in [0.1, 0.15) is 5.01 Å². The minimum absolute atomic E-state index is 0.462. The number of nitrogens with zero attached hydrogens (tertiary/aromatic N) is 4. The van der Waals surface area contributed by atoms with Crippen LogP contribution in [0.15, 0.2) is 0 Å². The zero-order valence-electron chi connectivity index (χ0n) is 12.1. The lowest BCUT2D eigenvalue weighted by Gasteiger charge is -2.18. The number of hydrogen-bond acceptors (Lipinski definition) is 5.